The third-order valence-corrected chi connectivity index (χ3v) is 2.82. The lowest BCUT2D eigenvalue weighted by atomic mass is 9.98. The molecule has 0 saturated heterocycles. The Labute approximate surface area is 98.9 Å². The van der Waals surface area contributed by atoms with Gasteiger partial charge >= 0.3 is 0 Å². The van der Waals surface area contributed by atoms with Crippen molar-refractivity contribution in [1.82, 2.24) is 0 Å². The van der Waals surface area contributed by atoms with Crippen molar-refractivity contribution >= 4 is 5.69 Å². The molecule has 0 bridgehead atoms. The van der Waals surface area contributed by atoms with E-state index in [1.807, 2.05) is 6.92 Å². The Kier molecular flexibility index (Phi) is 2.84. The molecule has 0 radical (unpaired) electrons. The van der Waals surface area contributed by atoms with Crippen molar-refractivity contribution in [3.63, 3.8) is 0 Å². The fourth-order valence-electron chi connectivity index (χ4n) is 1.84. The average Bonchev–Trinajstić information content (AvgIpc) is 2.28. The number of halogens is 2. The van der Waals surface area contributed by atoms with Gasteiger partial charge in [-0.25, -0.2) is 8.78 Å². The highest BCUT2D eigenvalue weighted by molar-refractivity contribution is 5.70. The molecule has 0 aliphatic carbocycles. The molecule has 17 heavy (non-hydrogen) atoms. The number of nitrogen functional groups attached to an aromatic ring is 1. The van der Waals surface area contributed by atoms with Gasteiger partial charge in [-0.2, -0.15) is 0 Å². The summed E-state index contributed by atoms with van der Waals surface area (Å²) in [7, 11) is 0. The summed E-state index contributed by atoms with van der Waals surface area (Å²) in [5, 5.41) is 0. The lowest BCUT2D eigenvalue weighted by molar-refractivity contribution is 0.505. The summed E-state index contributed by atoms with van der Waals surface area (Å²) in [4.78, 5) is 0. The van der Waals surface area contributed by atoms with Crippen LogP contribution in [0, 0.1) is 25.5 Å². The van der Waals surface area contributed by atoms with E-state index in [0.29, 0.717) is 16.8 Å². The van der Waals surface area contributed by atoms with Crippen molar-refractivity contribution in [3.8, 4) is 11.1 Å². The van der Waals surface area contributed by atoms with Gasteiger partial charge in [-0.15, -0.1) is 0 Å². The van der Waals surface area contributed by atoms with Gasteiger partial charge in [-0.05, 0) is 42.7 Å². The maximum absolute atomic E-state index is 13.8. The first-order chi connectivity index (χ1) is 8.00. The van der Waals surface area contributed by atoms with Gasteiger partial charge in [0.15, 0.2) is 11.6 Å². The minimum absolute atomic E-state index is 0.269. The number of nitrogens with two attached hydrogens (primary N) is 1. The van der Waals surface area contributed by atoms with Gasteiger partial charge in [0.2, 0.25) is 0 Å². The van der Waals surface area contributed by atoms with Gasteiger partial charge in [0.1, 0.15) is 0 Å². The molecule has 0 unspecified atom stereocenters. The highest BCUT2D eigenvalue weighted by Crippen LogP contribution is 2.29. The summed E-state index contributed by atoms with van der Waals surface area (Å²) in [6, 6.07) is 8.29. The van der Waals surface area contributed by atoms with Crippen molar-refractivity contribution < 1.29 is 8.78 Å². The second-order valence-electron chi connectivity index (χ2n) is 4.13. The highest BCUT2D eigenvalue weighted by Gasteiger charge is 2.13. The molecular weight excluding hydrogens is 220 g/mol. The third kappa shape index (κ3) is 2.00. The minimum Gasteiger partial charge on any atom is -0.399 e. The monoisotopic (exact) mass is 233 g/mol. The summed E-state index contributed by atoms with van der Waals surface area (Å²) < 4.78 is 27.3. The molecule has 0 aliphatic heterocycles. The van der Waals surface area contributed by atoms with Crippen LogP contribution in [0.2, 0.25) is 0 Å². The van der Waals surface area contributed by atoms with Crippen molar-refractivity contribution in [1.29, 1.82) is 0 Å². The van der Waals surface area contributed by atoms with E-state index in [1.54, 1.807) is 30.3 Å². The van der Waals surface area contributed by atoms with Gasteiger partial charge in [0.25, 0.3) is 0 Å². The molecule has 0 atom stereocenters. The molecule has 2 N–H and O–H groups in total. The van der Waals surface area contributed by atoms with Gasteiger partial charge in [-0.1, -0.05) is 18.2 Å². The summed E-state index contributed by atoms with van der Waals surface area (Å²) in [5.41, 5.74) is 8.30. The Bertz CT molecular complexity index is 577. The zero-order valence-corrected chi connectivity index (χ0v) is 9.72. The zero-order valence-electron chi connectivity index (χ0n) is 9.72. The van der Waals surface area contributed by atoms with E-state index >= 15 is 0 Å². The van der Waals surface area contributed by atoms with Gasteiger partial charge in [0.05, 0.1) is 0 Å². The van der Waals surface area contributed by atoms with Gasteiger partial charge in [0, 0.05) is 11.3 Å². The summed E-state index contributed by atoms with van der Waals surface area (Å²) >= 11 is 0. The van der Waals surface area contributed by atoms with Crippen LogP contribution >= 0.6 is 0 Å². The summed E-state index contributed by atoms with van der Waals surface area (Å²) in [6.07, 6.45) is 0. The van der Waals surface area contributed by atoms with Gasteiger partial charge < -0.3 is 5.73 Å². The quantitative estimate of drug-likeness (QED) is 0.744. The number of aryl methyl sites for hydroxylation is 2. The molecule has 0 aromatic heterocycles. The fraction of sp³-hybridized carbons (Fsp3) is 0.143. The first-order valence-electron chi connectivity index (χ1n) is 5.32. The van der Waals surface area contributed by atoms with Crippen LogP contribution in [0.3, 0.4) is 0 Å². The Balaban J connectivity index is 2.65. The van der Waals surface area contributed by atoms with Crippen LogP contribution in [-0.4, -0.2) is 0 Å². The number of hydrogen-bond donors (Lipinski definition) is 1. The minimum atomic E-state index is -0.808. The predicted octanol–water partition coefficient (Wildman–Crippen LogP) is 3.83. The molecular formula is C14H13F2N. The lowest BCUT2D eigenvalue weighted by Gasteiger charge is -2.09. The third-order valence-electron chi connectivity index (χ3n) is 2.82. The Hall–Kier alpha value is -1.90. The molecule has 0 aliphatic rings. The second kappa shape index (κ2) is 4.17. The van der Waals surface area contributed by atoms with Crippen LogP contribution in [0.5, 0.6) is 0 Å². The van der Waals surface area contributed by atoms with Crippen molar-refractivity contribution in [2.45, 2.75) is 13.8 Å². The predicted molar refractivity (Wildman–Crippen MR) is 65.7 cm³/mol. The Morgan fingerprint density at radius 3 is 2.12 bits per heavy atom. The second-order valence-corrected chi connectivity index (χ2v) is 4.13. The summed E-state index contributed by atoms with van der Waals surface area (Å²) in [5.74, 6) is -1.60. The average molecular weight is 233 g/mol. The van der Waals surface area contributed by atoms with Crippen molar-refractivity contribution in [2.75, 3.05) is 5.73 Å². The van der Waals surface area contributed by atoms with E-state index in [9.17, 15) is 8.78 Å². The topological polar surface area (TPSA) is 26.0 Å². The molecule has 0 amide bonds. The van der Waals surface area contributed by atoms with Crippen LogP contribution in [0.15, 0.2) is 30.3 Å². The molecule has 0 heterocycles. The highest BCUT2D eigenvalue weighted by atomic mass is 19.2. The maximum atomic E-state index is 13.8. The van der Waals surface area contributed by atoms with E-state index in [-0.39, 0.29) is 5.56 Å². The summed E-state index contributed by atoms with van der Waals surface area (Å²) in [6.45, 7) is 3.36. The first kappa shape index (κ1) is 11.6. The Morgan fingerprint density at radius 1 is 0.824 bits per heavy atom. The number of hydrogen-bond acceptors (Lipinski definition) is 1. The molecule has 88 valence electrons. The lowest BCUT2D eigenvalue weighted by Crippen LogP contribution is -1.95. The molecule has 0 spiro atoms. The van der Waals surface area contributed by atoms with E-state index in [2.05, 4.69) is 0 Å². The van der Waals surface area contributed by atoms with Crippen molar-refractivity contribution in [2.24, 2.45) is 0 Å². The molecule has 3 heteroatoms. The molecule has 2 aromatic carbocycles. The van der Waals surface area contributed by atoms with Crippen LogP contribution in [-0.2, 0) is 0 Å². The van der Waals surface area contributed by atoms with E-state index in [1.165, 1.54) is 6.92 Å². The normalized spacial score (nSPS) is 10.6. The molecule has 2 aromatic rings. The van der Waals surface area contributed by atoms with E-state index in [0.717, 1.165) is 5.56 Å². The molecule has 0 saturated carbocycles. The Morgan fingerprint density at radius 2 is 1.47 bits per heavy atom. The van der Waals surface area contributed by atoms with Crippen LogP contribution < -0.4 is 5.73 Å². The number of rotatable bonds is 1. The van der Waals surface area contributed by atoms with E-state index < -0.39 is 11.6 Å². The first-order valence-corrected chi connectivity index (χ1v) is 5.32. The van der Waals surface area contributed by atoms with Crippen LogP contribution in [0.1, 0.15) is 11.1 Å². The largest absolute Gasteiger partial charge is 0.399 e. The molecule has 0 fully saturated rings. The SMILES string of the molecule is Cc1cc(N)ccc1-c1ccc(C)c(F)c1F. The number of anilines is 1. The van der Waals surface area contributed by atoms with Crippen LogP contribution in [0.25, 0.3) is 11.1 Å². The van der Waals surface area contributed by atoms with Crippen molar-refractivity contribution in [3.05, 3.63) is 53.1 Å². The fourth-order valence-corrected chi connectivity index (χ4v) is 1.84. The van der Waals surface area contributed by atoms with Crippen LogP contribution in [0.4, 0.5) is 14.5 Å². The standard InChI is InChI=1S/C14H13F2N/c1-8-3-5-12(14(16)13(8)15)11-6-4-10(17)7-9(11)2/h3-7H,17H2,1-2H3. The smallest absolute Gasteiger partial charge is 0.166 e. The number of benzene rings is 2. The maximum Gasteiger partial charge on any atom is 0.166 e. The zero-order chi connectivity index (χ0) is 12.6. The molecule has 1 nitrogen and oxygen atoms in total. The van der Waals surface area contributed by atoms with E-state index in [4.69, 9.17) is 5.73 Å². The molecule has 2 rings (SSSR count). The van der Waals surface area contributed by atoms with Gasteiger partial charge in [-0.3, -0.25) is 0 Å².